The van der Waals surface area contributed by atoms with Crippen LogP contribution in [-0.4, -0.2) is 24.6 Å². The lowest BCUT2D eigenvalue weighted by Gasteiger charge is -2.40. The molecule has 1 amide bonds. The zero-order valence-corrected chi connectivity index (χ0v) is 11.3. The highest BCUT2D eigenvalue weighted by Gasteiger charge is 2.37. The van der Waals surface area contributed by atoms with Gasteiger partial charge in [-0.1, -0.05) is 18.2 Å². The van der Waals surface area contributed by atoms with E-state index < -0.39 is 5.97 Å². The van der Waals surface area contributed by atoms with Crippen LogP contribution in [0.25, 0.3) is 0 Å². The van der Waals surface area contributed by atoms with Gasteiger partial charge in [0.05, 0.1) is 6.61 Å². The molecule has 2 heterocycles. The van der Waals surface area contributed by atoms with E-state index in [4.69, 9.17) is 4.74 Å². The first kappa shape index (κ1) is 12.7. The number of fused-ring (bicyclic) bond motifs is 3. The topological polar surface area (TPSA) is 58.6 Å². The normalized spacial score (nSPS) is 20.4. The quantitative estimate of drug-likeness (QED) is 0.652. The van der Waals surface area contributed by atoms with Crippen LogP contribution in [0.3, 0.4) is 0 Å². The minimum absolute atomic E-state index is 0.0554. The van der Waals surface area contributed by atoms with Crippen molar-refractivity contribution in [3.05, 3.63) is 41.6 Å². The van der Waals surface area contributed by atoms with Gasteiger partial charge in [-0.05, 0) is 31.4 Å². The number of nitrogens with zero attached hydrogens (tertiary/aromatic N) is 1. The fourth-order valence-electron chi connectivity index (χ4n) is 2.68. The number of amides is 1. The highest BCUT2D eigenvalue weighted by atomic mass is 16.5. The number of rotatable bonds is 2. The maximum absolute atomic E-state index is 12.6. The van der Waals surface area contributed by atoms with Gasteiger partial charge < -0.3 is 10.1 Å². The van der Waals surface area contributed by atoms with Crippen molar-refractivity contribution in [2.24, 2.45) is 0 Å². The molecule has 1 N–H and O–H groups in total. The Morgan fingerprint density at radius 2 is 2.25 bits per heavy atom. The molecular weight excluding hydrogens is 256 g/mol. The molecule has 0 aromatic heterocycles. The van der Waals surface area contributed by atoms with E-state index in [1.165, 1.54) is 6.20 Å². The molecule has 5 heteroatoms. The van der Waals surface area contributed by atoms with Gasteiger partial charge in [-0.3, -0.25) is 9.69 Å². The number of nitrogens with one attached hydrogen (secondary N) is 1. The Labute approximate surface area is 117 Å². The Morgan fingerprint density at radius 3 is 3.05 bits per heavy atom. The molecule has 104 valence electrons. The van der Waals surface area contributed by atoms with E-state index in [9.17, 15) is 9.59 Å². The fraction of sp³-hybridized carbons (Fsp3) is 0.333. The van der Waals surface area contributed by atoms with E-state index in [2.05, 4.69) is 5.32 Å². The van der Waals surface area contributed by atoms with Crippen molar-refractivity contribution in [1.29, 1.82) is 0 Å². The zero-order chi connectivity index (χ0) is 14.1. The van der Waals surface area contributed by atoms with Crippen molar-refractivity contribution in [3.63, 3.8) is 0 Å². The van der Waals surface area contributed by atoms with Crippen LogP contribution >= 0.6 is 0 Å². The summed E-state index contributed by atoms with van der Waals surface area (Å²) in [6.45, 7) is 1.97. The lowest BCUT2D eigenvalue weighted by Crippen LogP contribution is -2.54. The number of ether oxygens (including phenoxy) is 1. The largest absolute Gasteiger partial charge is 0.462 e. The molecule has 0 spiro atoms. The van der Waals surface area contributed by atoms with Gasteiger partial charge in [-0.2, -0.15) is 0 Å². The summed E-state index contributed by atoms with van der Waals surface area (Å²) in [6.07, 6.45) is 3.14. The molecule has 2 aliphatic heterocycles. The summed E-state index contributed by atoms with van der Waals surface area (Å²) in [5.74, 6) is -0.870. The first-order valence-electron chi connectivity index (χ1n) is 6.77. The molecule has 0 aliphatic carbocycles. The monoisotopic (exact) mass is 272 g/mol. The highest BCUT2D eigenvalue weighted by Crippen LogP contribution is 2.32. The van der Waals surface area contributed by atoms with Gasteiger partial charge in [0.25, 0.3) is 5.91 Å². The van der Waals surface area contributed by atoms with Gasteiger partial charge in [-0.25, -0.2) is 4.79 Å². The number of benzene rings is 1. The summed E-state index contributed by atoms with van der Waals surface area (Å²) >= 11 is 0. The van der Waals surface area contributed by atoms with Crippen LogP contribution in [0.1, 0.15) is 18.9 Å². The first-order chi connectivity index (χ1) is 9.72. The molecule has 1 unspecified atom stereocenters. The van der Waals surface area contributed by atoms with Gasteiger partial charge in [0, 0.05) is 11.9 Å². The number of aryl methyl sites for hydroxylation is 1. The van der Waals surface area contributed by atoms with Crippen LogP contribution in [0.4, 0.5) is 5.69 Å². The lowest BCUT2D eigenvalue weighted by atomic mass is 9.97. The predicted molar refractivity (Wildman–Crippen MR) is 73.9 cm³/mol. The Kier molecular flexibility index (Phi) is 3.18. The van der Waals surface area contributed by atoms with Crippen molar-refractivity contribution in [1.82, 2.24) is 5.32 Å². The minimum Gasteiger partial charge on any atom is -0.462 e. The molecule has 0 saturated carbocycles. The Bertz CT molecular complexity index is 595. The van der Waals surface area contributed by atoms with E-state index in [0.717, 1.165) is 24.1 Å². The molecule has 1 atom stereocenters. The average molecular weight is 272 g/mol. The maximum atomic E-state index is 12.6. The van der Waals surface area contributed by atoms with Crippen molar-refractivity contribution < 1.29 is 14.3 Å². The summed E-state index contributed by atoms with van der Waals surface area (Å²) < 4.78 is 4.92. The standard InChI is InChI=1S/C15H16N2O3/c1-2-20-15(19)11-9-16-13-8-7-10-5-3-4-6-12(10)17(13)14(11)18/h3-6,9,13,16H,2,7-8H2,1H3. The SMILES string of the molecule is CCOC(=O)C1=CNC2CCc3ccccc3N2C1=O. The number of anilines is 1. The third-order valence-electron chi connectivity index (χ3n) is 3.61. The van der Waals surface area contributed by atoms with Crippen molar-refractivity contribution in [2.75, 3.05) is 11.5 Å². The smallest absolute Gasteiger partial charge is 0.345 e. The average Bonchev–Trinajstić information content (AvgIpc) is 2.47. The maximum Gasteiger partial charge on any atom is 0.345 e. The number of hydrogen-bond acceptors (Lipinski definition) is 4. The van der Waals surface area contributed by atoms with E-state index >= 15 is 0 Å². The third kappa shape index (κ3) is 1.95. The number of esters is 1. The molecule has 3 rings (SSSR count). The zero-order valence-electron chi connectivity index (χ0n) is 11.3. The molecule has 20 heavy (non-hydrogen) atoms. The molecule has 5 nitrogen and oxygen atoms in total. The molecule has 0 fully saturated rings. The summed E-state index contributed by atoms with van der Waals surface area (Å²) in [5, 5.41) is 3.12. The molecular formula is C15H16N2O3. The van der Waals surface area contributed by atoms with Gasteiger partial charge >= 0.3 is 5.97 Å². The van der Waals surface area contributed by atoms with Crippen LogP contribution in [0.2, 0.25) is 0 Å². The van der Waals surface area contributed by atoms with Crippen molar-refractivity contribution in [3.8, 4) is 0 Å². The number of carbonyl (C=O) groups is 2. The summed E-state index contributed by atoms with van der Waals surface area (Å²) in [7, 11) is 0. The second-order valence-electron chi connectivity index (χ2n) is 4.80. The van der Waals surface area contributed by atoms with Crippen molar-refractivity contribution >= 4 is 17.6 Å². The number of hydrogen-bond donors (Lipinski definition) is 1. The Balaban J connectivity index is 1.96. The molecule has 0 radical (unpaired) electrons. The highest BCUT2D eigenvalue weighted by molar-refractivity contribution is 6.22. The van der Waals surface area contributed by atoms with E-state index in [-0.39, 0.29) is 24.3 Å². The van der Waals surface area contributed by atoms with Gasteiger partial charge in [-0.15, -0.1) is 0 Å². The molecule has 0 bridgehead atoms. The number of para-hydroxylation sites is 1. The number of carbonyl (C=O) groups excluding carboxylic acids is 2. The summed E-state index contributed by atoms with van der Waals surface area (Å²) in [5.41, 5.74) is 2.06. The lowest BCUT2D eigenvalue weighted by molar-refractivity contribution is -0.140. The molecule has 1 aromatic carbocycles. The van der Waals surface area contributed by atoms with Crippen LogP contribution in [-0.2, 0) is 20.7 Å². The third-order valence-corrected chi connectivity index (χ3v) is 3.61. The molecule has 0 saturated heterocycles. The molecule has 1 aromatic rings. The summed E-state index contributed by atoms with van der Waals surface area (Å²) in [4.78, 5) is 26.0. The van der Waals surface area contributed by atoms with Crippen molar-refractivity contribution in [2.45, 2.75) is 25.9 Å². The Morgan fingerprint density at radius 1 is 1.45 bits per heavy atom. The van der Waals surface area contributed by atoms with E-state index in [0.29, 0.717) is 0 Å². The van der Waals surface area contributed by atoms with Gasteiger partial charge in [0.2, 0.25) is 0 Å². The Hall–Kier alpha value is -2.30. The second kappa shape index (κ2) is 5.00. The fourth-order valence-corrected chi connectivity index (χ4v) is 2.68. The van der Waals surface area contributed by atoms with Gasteiger partial charge in [0.1, 0.15) is 11.7 Å². The van der Waals surface area contributed by atoms with E-state index in [1.54, 1.807) is 11.8 Å². The predicted octanol–water partition coefficient (Wildman–Crippen LogP) is 1.34. The van der Waals surface area contributed by atoms with Crippen LogP contribution < -0.4 is 10.2 Å². The van der Waals surface area contributed by atoms with Crippen LogP contribution in [0.15, 0.2) is 36.0 Å². The minimum atomic E-state index is -0.577. The van der Waals surface area contributed by atoms with Crippen LogP contribution in [0, 0.1) is 0 Å². The first-order valence-corrected chi connectivity index (χ1v) is 6.77. The second-order valence-corrected chi connectivity index (χ2v) is 4.80. The molecule has 2 aliphatic rings. The van der Waals surface area contributed by atoms with Crippen LogP contribution in [0.5, 0.6) is 0 Å². The summed E-state index contributed by atoms with van der Waals surface area (Å²) in [6, 6.07) is 7.79. The van der Waals surface area contributed by atoms with E-state index in [1.807, 2.05) is 24.3 Å². The van der Waals surface area contributed by atoms with Gasteiger partial charge in [0.15, 0.2) is 0 Å².